The maximum atomic E-state index is 13.3. The van der Waals surface area contributed by atoms with Crippen molar-refractivity contribution in [2.24, 2.45) is 5.92 Å². The molecule has 1 spiro atoms. The van der Waals surface area contributed by atoms with Gasteiger partial charge in [0.05, 0.1) is 5.57 Å². The predicted octanol–water partition coefficient (Wildman–Crippen LogP) is 4.04. The highest BCUT2D eigenvalue weighted by Gasteiger charge is 2.50. The smallest absolute Gasteiger partial charge is 0.335 e. The predicted molar refractivity (Wildman–Crippen MR) is 104 cm³/mol. The summed E-state index contributed by atoms with van der Waals surface area (Å²) in [4.78, 5) is 27.5. The summed E-state index contributed by atoms with van der Waals surface area (Å²) in [5.41, 5.74) is 1.93. The largest absolute Gasteiger partial charge is 0.451 e. The molecule has 1 saturated carbocycles. The number of hydrogen-bond donors (Lipinski definition) is 0. The van der Waals surface area contributed by atoms with Crippen molar-refractivity contribution >= 4 is 11.9 Å². The highest BCUT2D eigenvalue weighted by atomic mass is 16.6. The Labute approximate surface area is 161 Å². The van der Waals surface area contributed by atoms with Gasteiger partial charge in [0.15, 0.2) is 0 Å². The van der Waals surface area contributed by atoms with E-state index in [0.717, 1.165) is 64.5 Å². The number of piperidine rings is 1. The first kappa shape index (κ1) is 18.3. The number of benzene rings is 1. The Morgan fingerprint density at radius 1 is 1.11 bits per heavy atom. The first-order chi connectivity index (χ1) is 13.1. The van der Waals surface area contributed by atoms with Gasteiger partial charge < -0.3 is 9.64 Å². The summed E-state index contributed by atoms with van der Waals surface area (Å²) in [6, 6.07) is 10.6. The molecule has 0 radical (unpaired) electrons. The third-order valence-electron chi connectivity index (χ3n) is 6.57. The minimum atomic E-state index is -0.641. The number of nitrogens with zero attached hydrogens (tertiary/aromatic N) is 1. The van der Waals surface area contributed by atoms with Gasteiger partial charge in [-0.2, -0.15) is 0 Å². The molecule has 2 aliphatic heterocycles. The molecule has 0 bridgehead atoms. The number of rotatable bonds is 3. The molecule has 1 amide bonds. The number of hydrogen-bond acceptors (Lipinski definition) is 3. The summed E-state index contributed by atoms with van der Waals surface area (Å²) in [6.07, 6.45) is 7.92. The van der Waals surface area contributed by atoms with Crippen molar-refractivity contribution in [3.63, 3.8) is 0 Å². The quantitative estimate of drug-likeness (QED) is 0.758. The maximum Gasteiger partial charge on any atom is 0.335 e. The monoisotopic (exact) mass is 367 g/mol. The summed E-state index contributed by atoms with van der Waals surface area (Å²) in [5.74, 6) is 0.370. The van der Waals surface area contributed by atoms with Gasteiger partial charge in [-0.15, -0.1) is 0 Å². The molecule has 2 heterocycles. The second-order valence-corrected chi connectivity index (χ2v) is 8.37. The van der Waals surface area contributed by atoms with Crippen LogP contribution in [-0.2, 0) is 20.7 Å². The zero-order valence-corrected chi connectivity index (χ0v) is 16.2. The van der Waals surface area contributed by atoms with Crippen LogP contribution in [0.2, 0.25) is 0 Å². The summed E-state index contributed by atoms with van der Waals surface area (Å²) in [5, 5.41) is 0. The van der Waals surface area contributed by atoms with Crippen molar-refractivity contribution in [3.8, 4) is 0 Å². The Morgan fingerprint density at radius 3 is 2.44 bits per heavy atom. The molecule has 1 saturated heterocycles. The van der Waals surface area contributed by atoms with Crippen molar-refractivity contribution in [2.75, 3.05) is 13.1 Å². The van der Waals surface area contributed by atoms with Crippen molar-refractivity contribution in [1.82, 2.24) is 4.90 Å². The number of ether oxygens (including phenoxy) is 1. The van der Waals surface area contributed by atoms with E-state index in [4.69, 9.17) is 4.74 Å². The molecule has 3 aliphatic rings. The molecule has 144 valence electrons. The molecule has 4 nitrogen and oxygen atoms in total. The van der Waals surface area contributed by atoms with Gasteiger partial charge >= 0.3 is 5.97 Å². The second-order valence-electron chi connectivity index (χ2n) is 8.37. The van der Waals surface area contributed by atoms with Crippen LogP contribution in [0.15, 0.2) is 41.5 Å². The van der Waals surface area contributed by atoms with Crippen molar-refractivity contribution < 1.29 is 14.3 Å². The second kappa shape index (κ2) is 7.49. The molecule has 0 N–H and O–H groups in total. The van der Waals surface area contributed by atoms with E-state index in [1.807, 2.05) is 11.0 Å². The van der Waals surface area contributed by atoms with Crippen LogP contribution in [-0.4, -0.2) is 35.5 Å². The standard InChI is InChI=1S/C23H29NO3/c1-17-20(23(27-22(17)26)12-6-3-7-13-23)21(25)24-14-10-19(11-15-24)16-18-8-4-2-5-9-18/h2,4-5,8-9,19H,3,6-7,10-16H2,1H3. The molecular formula is C23H29NO3. The van der Waals surface area contributed by atoms with Crippen LogP contribution in [0.25, 0.3) is 0 Å². The van der Waals surface area contributed by atoms with Gasteiger partial charge in [-0.05, 0) is 63.4 Å². The summed E-state index contributed by atoms with van der Waals surface area (Å²) >= 11 is 0. The molecule has 0 atom stereocenters. The van der Waals surface area contributed by atoms with E-state index in [0.29, 0.717) is 17.1 Å². The number of amides is 1. The highest BCUT2D eigenvalue weighted by Crippen LogP contribution is 2.44. The topological polar surface area (TPSA) is 46.6 Å². The van der Waals surface area contributed by atoms with Crippen LogP contribution in [0, 0.1) is 5.92 Å². The van der Waals surface area contributed by atoms with Crippen LogP contribution in [0.4, 0.5) is 0 Å². The van der Waals surface area contributed by atoms with Gasteiger partial charge in [0, 0.05) is 18.7 Å². The van der Waals surface area contributed by atoms with E-state index in [-0.39, 0.29) is 11.9 Å². The molecule has 1 aromatic carbocycles. The lowest BCUT2D eigenvalue weighted by atomic mass is 9.78. The summed E-state index contributed by atoms with van der Waals surface area (Å²) in [7, 11) is 0. The van der Waals surface area contributed by atoms with E-state index >= 15 is 0 Å². The van der Waals surface area contributed by atoms with Crippen molar-refractivity contribution in [3.05, 3.63) is 47.0 Å². The van der Waals surface area contributed by atoms with Crippen LogP contribution >= 0.6 is 0 Å². The van der Waals surface area contributed by atoms with Crippen molar-refractivity contribution in [2.45, 2.75) is 63.9 Å². The molecule has 0 unspecified atom stereocenters. The average molecular weight is 367 g/mol. The summed E-state index contributed by atoms with van der Waals surface area (Å²) in [6.45, 7) is 3.32. The summed E-state index contributed by atoms with van der Waals surface area (Å²) < 4.78 is 5.77. The normalized spacial score (nSPS) is 23.0. The number of carbonyl (C=O) groups excluding carboxylic acids is 2. The van der Waals surface area contributed by atoms with Crippen LogP contribution in [0.3, 0.4) is 0 Å². The minimum Gasteiger partial charge on any atom is -0.451 e. The lowest BCUT2D eigenvalue weighted by Crippen LogP contribution is -2.45. The molecule has 1 aromatic rings. The molecule has 1 aliphatic carbocycles. The first-order valence-corrected chi connectivity index (χ1v) is 10.4. The Hall–Kier alpha value is -2.10. The fourth-order valence-electron chi connectivity index (χ4n) is 5.02. The van der Waals surface area contributed by atoms with E-state index in [2.05, 4.69) is 24.3 Å². The Bertz CT molecular complexity index is 738. The highest BCUT2D eigenvalue weighted by molar-refractivity contribution is 6.07. The van der Waals surface area contributed by atoms with Crippen molar-refractivity contribution in [1.29, 1.82) is 0 Å². The van der Waals surface area contributed by atoms with Crippen LogP contribution < -0.4 is 0 Å². The lowest BCUT2D eigenvalue weighted by Gasteiger charge is -2.38. The molecule has 4 heteroatoms. The molecular weight excluding hydrogens is 338 g/mol. The van der Waals surface area contributed by atoms with Gasteiger partial charge in [0.1, 0.15) is 5.60 Å². The first-order valence-electron chi connectivity index (χ1n) is 10.4. The number of carbonyl (C=O) groups is 2. The Morgan fingerprint density at radius 2 is 1.78 bits per heavy atom. The SMILES string of the molecule is CC1=C(C(=O)N2CCC(Cc3ccccc3)CC2)C2(CCCCC2)OC1=O. The van der Waals surface area contributed by atoms with Gasteiger partial charge in [-0.25, -0.2) is 4.79 Å². The third-order valence-corrected chi connectivity index (χ3v) is 6.57. The number of likely N-dealkylation sites (tertiary alicyclic amines) is 1. The van der Waals surface area contributed by atoms with E-state index in [9.17, 15) is 9.59 Å². The fraction of sp³-hybridized carbons (Fsp3) is 0.565. The Balaban J connectivity index is 1.43. The molecule has 2 fully saturated rings. The number of esters is 1. The Kier molecular flexibility index (Phi) is 5.07. The van der Waals surface area contributed by atoms with E-state index in [1.54, 1.807) is 6.92 Å². The van der Waals surface area contributed by atoms with Crippen LogP contribution in [0.5, 0.6) is 0 Å². The fourth-order valence-corrected chi connectivity index (χ4v) is 5.02. The molecule has 27 heavy (non-hydrogen) atoms. The zero-order valence-electron chi connectivity index (χ0n) is 16.2. The van der Waals surface area contributed by atoms with Crippen LogP contribution in [0.1, 0.15) is 57.4 Å². The lowest BCUT2D eigenvalue weighted by molar-refractivity contribution is -0.150. The maximum absolute atomic E-state index is 13.3. The van der Waals surface area contributed by atoms with Gasteiger partial charge in [0.25, 0.3) is 5.91 Å². The van der Waals surface area contributed by atoms with Gasteiger partial charge in [0.2, 0.25) is 0 Å². The van der Waals surface area contributed by atoms with E-state index < -0.39 is 5.60 Å². The molecule has 4 rings (SSSR count). The minimum absolute atomic E-state index is 0.0402. The zero-order chi connectivity index (χ0) is 18.9. The van der Waals surface area contributed by atoms with Gasteiger partial charge in [-0.3, -0.25) is 4.79 Å². The molecule has 0 aromatic heterocycles. The average Bonchev–Trinajstić information content (AvgIpc) is 2.92. The van der Waals surface area contributed by atoms with Gasteiger partial charge in [-0.1, -0.05) is 36.8 Å². The van der Waals surface area contributed by atoms with E-state index in [1.165, 1.54) is 5.56 Å². The third kappa shape index (κ3) is 3.54.